The first-order valence-electron chi connectivity index (χ1n) is 3.90. The molecule has 0 aromatic carbocycles. The molecule has 0 aliphatic rings. The molecule has 0 amide bonds. The van der Waals surface area contributed by atoms with Gasteiger partial charge in [-0.3, -0.25) is 4.79 Å². The van der Waals surface area contributed by atoms with Gasteiger partial charge in [-0.2, -0.15) is 0 Å². The molecule has 0 N–H and O–H groups in total. The second-order valence-corrected chi connectivity index (χ2v) is 4.25. The monoisotopic (exact) mass is 217 g/mol. The summed E-state index contributed by atoms with van der Waals surface area (Å²) in [6, 6.07) is 0. The summed E-state index contributed by atoms with van der Waals surface area (Å²) < 4.78 is 5.22. The maximum absolute atomic E-state index is 11.4. The molecule has 0 spiro atoms. The van der Waals surface area contributed by atoms with Crippen molar-refractivity contribution in [1.29, 1.82) is 0 Å². The van der Waals surface area contributed by atoms with E-state index in [2.05, 4.69) is 16.6 Å². The number of aromatic nitrogens is 1. The molecule has 0 saturated carbocycles. The normalized spacial score (nSPS) is 10.8. The minimum atomic E-state index is -0.0739. The van der Waals surface area contributed by atoms with Crippen molar-refractivity contribution in [2.45, 2.75) is 19.6 Å². The van der Waals surface area contributed by atoms with Gasteiger partial charge in [-0.05, 0) is 0 Å². The number of oxazole rings is 1. The molecule has 3 nitrogen and oxygen atoms in total. The van der Waals surface area contributed by atoms with Gasteiger partial charge < -0.3 is 4.42 Å². The fourth-order valence-corrected chi connectivity index (χ4v) is 1.44. The van der Waals surface area contributed by atoms with Gasteiger partial charge in [-0.25, -0.2) is 4.98 Å². The summed E-state index contributed by atoms with van der Waals surface area (Å²) in [4.78, 5) is 15.3. The summed E-state index contributed by atoms with van der Waals surface area (Å²) in [5, 5.41) is 0. The number of hydrogen-bond donors (Lipinski definition) is 1. The van der Waals surface area contributed by atoms with Crippen LogP contribution in [-0.2, 0) is 5.75 Å². The lowest BCUT2D eigenvalue weighted by Crippen LogP contribution is -2.07. The van der Waals surface area contributed by atoms with Gasteiger partial charge in [-0.15, -0.1) is 11.7 Å². The van der Waals surface area contributed by atoms with Crippen molar-refractivity contribution in [3.63, 3.8) is 0 Å². The third-order valence-corrected chi connectivity index (χ3v) is 2.30. The fraction of sp³-hybridized carbons (Fsp3) is 0.500. The third kappa shape index (κ3) is 2.77. The summed E-state index contributed by atoms with van der Waals surface area (Å²) in [7, 11) is 1.34. The Morgan fingerprint density at radius 2 is 2.46 bits per heavy atom. The molecule has 0 atom stereocenters. The molecule has 13 heavy (non-hydrogen) atoms. The number of ketones is 1. The van der Waals surface area contributed by atoms with Gasteiger partial charge in [0.05, 0.1) is 11.9 Å². The Kier molecular flexibility index (Phi) is 3.87. The molecule has 0 aliphatic carbocycles. The van der Waals surface area contributed by atoms with Crippen molar-refractivity contribution in [3.05, 3.63) is 17.8 Å². The fourth-order valence-electron chi connectivity index (χ4n) is 0.799. The van der Waals surface area contributed by atoms with Gasteiger partial charge >= 0.3 is 0 Å². The summed E-state index contributed by atoms with van der Waals surface area (Å²) in [5.74, 6) is 1.38. The van der Waals surface area contributed by atoms with Crippen LogP contribution in [0.25, 0.3) is 0 Å². The van der Waals surface area contributed by atoms with E-state index in [1.165, 1.54) is 10.8 Å². The smallest absolute Gasteiger partial charge is 0.263 e. The van der Waals surface area contributed by atoms with Crippen LogP contribution in [0.1, 0.15) is 30.3 Å². The molecule has 0 saturated heterocycles. The van der Waals surface area contributed by atoms with Crippen LogP contribution in [0.3, 0.4) is 0 Å². The van der Waals surface area contributed by atoms with Crippen LogP contribution in [0.4, 0.5) is 0 Å². The third-order valence-electron chi connectivity index (χ3n) is 1.50. The highest BCUT2D eigenvalue weighted by molar-refractivity contribution is 8.68. The summed E-state index contributed by atoms with van der Waals surface area (Å²) in [5.41, 5.74) is 0. The molecule has 1 heterocycles. The number of Topliss-reactive ketones (excluding diaryl/α,β-unsaturated/α-hetero) is 1. The molecule has 0 fully saturated rings. The summed E-state index contributed by atoms with van der Waals surface area (Å²) in [6.07, 6.45) is 1.57. The van der Waals surface area contributed by atoms with Crippen LogP contribution in [0, 0.1) is 5.92 Å². The maximum Gasteiger partial charge on any atom is 0.263 e. The Morgan fingerprint density at radius 1 is 1.77 bits per heavy atom. The molecule has 1 aromatic heterocycles. The van der Waals surface area contributed by atoms with Crippen LogP contribution >= 0.6 is 22.5 Å². The molecule has 1 rings (SSSR count). The number of hydrogen-bond acceptors (Lipinski definition) is 5. The second-order valence-electron chi connectivity index (χ2n) is 2.92. The van der Waals surface area contributed by atoms with Gasteiger partial charge in [0.2, 0.25) is 5.78 Å². The van der Waals surface area contributed by atoms with Gasteiger partial charge in [0.1, 0.15) is 5.76 Å². The van der Waals surface area contributed by atoms with Crippen molar-refractivity contribution in [2.24, 2.45) is 5.92 Å². The number of nitrogens with zero attached hydrogens (tertiary/aromatic N) is 1. The zero-order valence-electron chi connectivity index (χ0n) is 7.48. The number of thiol groups is 1. The van der Waals surface area contributed by atoms with Gasteiger partial charge in [0.15, 0.2) is 0 Å². The minimum absolute atomic E-state index is 0.0598. The predicted molar refractivity (Wildman–Crippen MR) is 56.0 cm³/mol. The first-order valence-corrected chi connectivity index (χ1v) is 5.94. The van der Waals surface area contributed by atoms with E-state index in [0.717, 1.165) is 0 Å². The molecule has 0 bridgehead atoms. The maximum atomic E-state index is 11.4. The summed E-state index contributed by atoms with van der Waals surface area (Å²) in [6.45, 7) is 3.64. The Balaban J connectivity index is 2.73. The van der Waals surface area contributed by atoms with Crippen molar-refractivity contribution < 1.29 is 9.21 Å². The van der Waals surface area contributed by atoms with Crippen LogP contribution in [0.15, 0.2) is 10.6 Å². The standard InChI is InChI=1S/C8H11NO2S2/c1-5(2)7(10)8-9-3-6(11-8)4-13-12/h3,5,12H,4H2,1-2H3. The van der Waals surface area contributed by atoms with Gasteiger partial charge in [0, 0.05) is 5.92 Å². The van der Waals surface area contributed by atoms with E-state index in [1.807, 2.05) is 13.8 Å². The Morgan fingerprint density at radius 3 is 3.00 bits per heavy atom. The molecule has 0 unspecified atom stereocenters. The molecule has 5 heteroatoms. The number of carbonyl (C=O) groups excluding carboxylic acids is 1. The van der Waals surface area contributed by atoms with Crippen molar-refractivity contribution in [3.8, 4) is 0 Å². The number of carbonyl (C=O) groups is 1. The van der Waals surface area contributed by atoms with Crippen LogP contribution < -0.4 is 0 Å². The first-order chi connectivity index (χ1) is 6.15. The van der Waals surface area contributed by atoms with Crippen molar-refractivity contribution >= 4 is 28.2 Å². The SMILES string of the molecule is CC(C)C(=O)c1ncc(CSS)o1. The topological polar surface area (TPSA) is 43.1 Å². The quantitative estimate of drug-likeness (QED) is 0.478. The van der Waals surface area contributed by atoms with E-state index in [-0.39, 0.29) is 17.6 Å². The van der Waals surface area contributed by atoms with Crippen LogP contribution in [-0.4, -0.2) is 10.8 Å². The van der Waals surface area contributed by atoms with Crippen LogP contribution in [0.2, 0.25) is 0 Å². The lowest BCUT2D eigenvalue weighted by Gasteiger charge is -1.97. The minimum Gasteiger partial charge on any atom is -0.438 e. The highest BCUT2D eigenvalue weighted by Gasteiger charge is 2.16. The second kappa shape index (κ2) is 4.72. The largest absolute Gasteiger partial charge is 0.438 e. The van der Waals surface area contributed by atoms with E-state index in [1.54, 1.807) is 6.20 Å². The summed E-state index contributed by atoms with van der Waals surface area (Å²) >= 11 is 3.98. The van der Waals surface area contributed by atoms with E-state index in [4.69, 9.17) is 4.42 Å². The lowest BCUT2D eigenvalue weighted by atomic mass is 10.1. The zero-order chi connectivity index (χ0) is 9.84. The van der Waals surface area contributed by atoms with E-state index < -0.39 is 0 Å². The molecule has 72 valence electrons. The Hall–Kier alpha value is -0.420. The highest BCUT2D eigenvalue weighted by atomic mass is 33.1. The average Bonchev–Trinajstić information content (AvgIpc) is 2.52. The molecule has 1 aromatic rings. The van der Waals surface area contributed by atoms with E-state index >= 15 is 0 Å². The van der Waals surface area contributed by atoms with E-state index in [0.29, 0.717) is 11.5 Å². The highest BCUT2D eigenvalue weighted by Crippen LogP contribution is 2.17. The number of rotatable bonds is 4. The Labute approximate surface area is 86.1 Å². The zero-order valence-corrected chi connectivity index (χ0v) is 9.19. The molecule has 0 radical (unpaired) electrons. The molecular weight excluding hydrogens is 206 g/mol. The van der Waals surface area contributed by atoms with Crippen molar-refractivity contribution in [2.75, 3.05) is 0 Å². The van der Waals surface area contributed by atoms with E-state index in [9.17, 15) is 4.79 Å². The van der Waals surface area contributed by atoms with Gasteiger partial charge in [-0.1, -0.05) is 24.6 Å². The average molecular weight is 217 g/mol. The van der Waals surface area contributed by atoms with Crippen molar-refractivity contribution in [1.82, 2.24) is 4.98 Å². The predicted octanol–water partition coefficient (Wildman–Crippen LogP) is 2.59. The Bertz CT molecular complexity index is 296. The molecular formula is C8H11NO2S2. The molecule has 0 aliphatic heterocycles. The van der Waals surface area contributed by atoms with Crippen LogP contribution in [0.5, 0.6) is 0 Å². The lowest BCUT2D eigenvalue weighted by molar-refractivity contribution is 0.0903. The van der Waals surface area contributed by atoms with Gasteiger partial charge in [0.25, 0.3) is 5.89 Å². The first kappa shape index (κ1) is 10.7.